The summed E-state index contributed by atoms with van der Waals surface area (Å²) in [7, 11) is 0. The van der Waals surface area contributed by atoms with E-state index in [1.54, 1.807) is 6.07 Å². The van der Waals surface area contributed by atoms with Gasteiger partial charge in [-0.05, 0) is 31.7 Å². The van der Waals surface area contributed by atoms with Crippen molar-refractivity contribution >= 4 is 11.8 Å². The molecule has 1 heterocycles. The zero-order chi connectivity index (χ0) is 21.5. The molecule has 0 saturated heterocycles. The zero-order valence-electron chi connectivity index (χ0n) is 17.2. The van der Waals surface area contributed by atoms with Crippen LogP contribution in [0.1, 0.15) is 41.7 Å². The van der Waals surface area contributed by atoms with Crippen LogP contribution < -0.4 is 15.4 Å². The summed E-state index contributed by atoms with van der Waals surface area (Å²) in [5, 5.41) is 9.18. The second kappa shape index (κ2) is 9.93. The highest BCUT2D eigenvalue weighted by Gasteiger charge is 2.18. The van der Waals surface area contributed by atoms with Gasteiger partial charge in [0.05, 0.1) is 12.6 Å². The molecular weight excluding hydrogens is 394 g/mol. The fourth-order valence-corrected chi connectivity index (χ4v) is 3.58. The second-order valence-corrected chi connectivity index (χ2v) is 7.53. The first-order valence-electron chi connectivity index (χ1n) is 10.5. The van der Waals surface area contributed by atoms with Crippen molar-refractivity contribution in [3.63, 3.8) is 0 Å². The predicted molar refractivity (Wildman–Crippen MR) is 115 cm³/mol. The van der Waals surface area contributed by atoms with Crippen LogP contribution in [0.25, 0.3) is 11.3 Å². The molecule has 31 heavy (non-hydrogen) atoms. The van der Waals surface area contributed by atoms with Gasteiger partial charge in [-0.25, -0.2) is 0 Å². The summed E-state index contributed by atoms with van der Waals surface area (Å²) in [5.41, 5.74) is 1.87. The number of para-hydroxylation sites is 1. The molecule has 1 aliphatic rings. The van der Waals surface area contributed by atoms with E-state index in [2.05, 4.69) is 15.8 Å². The summed E-state index contributed by atoms with van der Waals surface area (Å²) < 4.78 is 11.3. The van der Waals surface area contributed by atoms with Gasteiger partial charge in [0.15, 0.2) is 11.5 Å². The molecule has 2 N–H and O–H groups in total. The minimum atomic E-state index is -0.467. The molecule has 1 aromatic heterocycles. The maximum absolute atomic E-state index is 12.3. The van der Waals surface area contributed by atoms with Crippen LogP contribution in [0.2, 0.25) is 0 Å². The lowest BCUT2D eigenvalue weighted by atomic mass is 10.1. The number of aromatic nitrogens is 1. The maximum atomic E-state index is 12.3. The highest BCUT2D eigenvalue weighted by atomic mass is 16.5. The number of hydrogen-bond acceptors (Lipinski definition) is 5. The van der Waals surface area contributed by atoms with Crippen LogP contribution in [0.4, 0.5) is 0 Å². The molecule has 0 radical (unpaired) electrons. The molecule has 2 amide bonds. The number of ether oxygens (including phenoxy) is 1. The molecule has 2 aromatic carbocycles. The zero-order valence-corrected chi connectivity index (χ0v) is 17.2. The SMILES string of the molecule is O=C(CNC(=O)c1cc(-c2ccccc2)on1)NCc1ccccc1OC1CCCC1. The number of amides is 2. The second-order valence-electron chi connectivity index (χ2n) is 7.53. The van der Waals surface area contributed by atoms with Gasteiger partial charge in [0.2, 0.25) is 5.91 Å². The topological polar surface area (TPSA) is 93.5 Å². The van der Waals surface area contributed by atoms with E-state index < -0.39 is 5.91 Å². The Hall–Kier alpha value is -3.61. The van der Waals surface area contributed by atoms with Crippen LogP contribution in [0.15, 0.2) is 65.2 Å². The number of hydrogen-bond donors (Lipinski definition) is 2. The Balaban J connectivity index is 1.26. The summed E-state index contributed by atoms with van der Waals surface area (Å²) >= 11 is 0. The van der Waals surface area contributed by atoms with Gasteiger partial charge in [-0.1, -0.05) is 53.7 Å². The van der Waals surface area contributed by atoms with Crippen LogP contribution in [0, 0.1) is 0 Å². The average molecular weight is 419 g/mol. The van der Waals surface area contributed by atoms with Crippen LogP contribution >= 0.6 is 0 Å². The normalized spacial score (nSPS) is 13.7. The fourth-order valence-electron chi connectivity index (χ4n) is 3.58. The summed E-state index contributed by atoms with van der Waals surface area (Å²) in [6, 6.07) is 18.6. The highest BCUT2D eigenvalue weighted by molar-refractivity contribution is 5.95. The van der Waals surface area contributed by atoms with E-state index in [1.165, 1.54) is 12.8 Å². The number of carbonyl (C=O) groups excluding carboxylic acids is 2. The van der Waals surface area contributed by atoms with Crippen molar-refractivity contribution in [1.82, 2.24) is 15.8 Å². The van der Waals surface area contributed by atoms with E-state index in [-0.39, 0.29) is 24.2 Å². The lowest BCUT2D eigenvalue weighted by molar-refractivity contribution is -0.120. The van der Waals surface area contributed by atoms with Gasteiger partial charge in [0, 0.05) is 23.7 Å². The molecule has 4 rings (SSSR count). The fraction of sp³-hybridized carbons (Fsp3) is 0.292. The van der Waals surface area contributed by atoms with Crippen molar-refractivity contribution in [3.8, 4) is 17.1 Å². The molecule has 0 atom stereocenters. The first-order valence-corrected chi connectivity index (χ1v) is 10.5. The van der Waals surface area contributed by atoms with Gasteiger partial charge < -0.3 is 19.9 Å². The number of benzene rings is 2. The van der Waals surface area contributed by atoms with Crippen molar-refractivity contribution in [2.75, 3.05) is 6.54 Å². The standard InChI is InChI=1S/C24H25N3O4/c28-23(25-15-18-10-4-7-13-21(18)30-19-11-5-6-12-19)16-26-24(29)20-14-22(31-27-20)17-8-2-1-3-9-17/h1-4,7-10,13-14,19H,5-6,11-12,15-16H2,(H,25,28)(H,26,29). The van der Waals surface area contributed by atoms with Gasteiger partial charge in [-0.3, -0.25) is 9.59 Å². The Bertz CT molecular complexity index is 1030. The smallest absolute Gasteiger partial charge is 0.273 e. The van der Waals surface area contributed by atoms with Gasteiger partial charge >= 0.3 is 0 Å². The number of carbonyl (C=O) groups is 2. The van der Waals surface area contributed by atoms with Crippen molar-refractivity contribution in [1.29, 1.82) is 0 Å². The Labute approximate surface area is 180 Å². The lowest BCUT2D eigenvalue weighted by Gasteiger charge is -2.16. The summed E-state index contributed by atoms with van der Waals surface area (Å²) in [5.74, 6) is 0.533. The van der Waals surface area contributed by atoms with E-state index in [9.17, 15) is 9.59 Å². The van der Waals surface area contributed by atoms with E-state index in [1.807, 2.05) is 54.6 Å². The summed E-state index contributed by atoms with van der Waals surface area (Å²) in [4.78, 5) is 24.5. The van der Waals surface area contributed by atoms with Crippen molar-refractivity contribution in [2.45, 2.75) is 38.3 Å². The van der Waals surface area contributed by atoms with Crippen molar-refractivity contribution < 1.29 is 18.8 Å². The van der Waals surface area contributed by atoms with E-state index in [0.29, 0.717) is 12.3 Å². The molecule has 0 bridgehead atoms. The number of nitrogens with one attached hydrogen (secondary N) is 2. The predicted octanol–water partition coefficient (Wildman–Crippen LogP) is 3.71. The largest absolute Gasteiger partial charge is 0.490 e. The van der Waals surface area contributed by atoms with Crippen molar-refractivity contribution in [2.24, 2.45) is 0 Å². The first-order chi connectivity index (χ1) is 15.2. The third kappa shape index (κ3) is 5.51. The average Bonchev–Trinajstić information content (AvgIpc) is 3.50. The van der Waals surface area contributed by atoms with Gasteiger partial charge in [-0.15, -0.1) is 0 Å². The van der Waals surface area contributed by atoms with Gasteiger partial charge in [-0.2, -0.15) is 0 Å². The molecule has 0 unspecified atom stereocenters. The Kier molecular flexibility index (Phi) is 6.62. The molecule has 0 spiro atoms. The summed E-state index contributed by atoms with van der Waals surface area (Å²) in [6.45, 7) is 0.178. The lowest BCUT2D eigenvalue weighted by Crippen LogP contribution is -2.36. The molecule has 3 aromatic rings. The molecule has 1 saturated carbocycles. The Morgan fingerprint density at radius 1 is 1.00 bits per heavy atom. The quantitative estimate of drug-likeness (QED) is 0.581. The molecule has 7 heteroatoms. The molecule has 7 nitrogen and oxygen atoms in total. The third-order valence-electron chi connectivity index (χ3n) is 5.26. The van der Waals surface area contributed by atoms with E-state index >= 15 is 0 Å². The molecule has 160 valence electrons. The molecule has 1 fully saturated rings. The minimum Gasteiger partial charge on any atom is -0.490 e. The van der Waals surface area contributed by atoms with Crippen molar-refractivity contribution in [3.05, 3.63) is 71.9 Å². The Morgan fingerprint density at radius 3 is 2.55 bits per heavy atom. The first kappa shape index (κ1) is 20.7. The number of nitrogens with zero attached hydrogens (tertiary/aromatic N) is 1. The molecular formula is C24H25N3O4. The molecule has 1 aliphatic carbocycles. The Morgan fingerprint density at radius 2 is 1.74 bits per heavy atom. The highest BCUT2D eigenvalue weighted by Crippen LogP contribution is 2.26. The maximum Gasteiger partial charge on any atom is 0.273 e. The third-order valence-corrected chi connectivity index (χ3v) is 5.26. The number of rotatable bonds is 8. The van der Waals surface area contributed by atoms with Crippen LogP contribution in [0.3, 0.4) is 0 Å². The van der Waals surface area contributed by atoms with E-state index in [0.717, 1.165) is 29.7 Å². The van der Waals surface area contributed by atoms with Crippen LogP contribution in [-0.2, 0) is 11.3 Å². The van der Waals surface area contributed by atoms with Crippen LogP contribution in [-0.4, -0.2) is 29.6 Å². The minimum absolute atomic E-state index is 0.127. The monoisotopic (exact) mass is 419 g/mol. The van der Waals surface area contributed by atoms with Gasteiger partial charge in [0.1, 0.15) is 5.75 Å². The van der Waals surface area contributed by atoms with Gasteiger partial charge in [0.25, 0.3) is 5.91 Å². The molecule has 0 aliphatic heterocycles. The van der Waals surface area contributed by atoms with E-state index in [4.69, 9.17) is 9.26 Å². The van der Waals surface area contributed by atoms with Crippen LogP contribution in [0.5, 0.6) is 5.75 Å². The summed E-state index contributed by atoms with van der Waals surface area (Å²) in [6.07, 6.45) is 4.78.